The average Bonchev–Trinajstić information content (AvgIpc) is 2.32. The quantitative estimate of drug-likeness (QED) is 0.806. The monoisotopic (exact) mass is 230 g/mol. The molecule has 17 heavy (non-hydrogen) atoms. The number of rotatable bonds is 2. The summed E-state index contributed by atoms with van der Waals surface area (Å²) in [5.41, 5.74) is 1.75. The van der Waals surface area contributed by atoms with Gasteiger partial charge in [-0.3, -0.25) is 9.98 Å². The summed E-state index contributed by atoms with van der Waals surface area (Å²) in [6.45, 7) is 1.68. The Labute approximate surface area is 98.3 Å². The zero-order valence-electron chi connectivity index (χ0n) is 9.26. The fraction of sp³-hybridized carbons (Fsp3) is 0.0769. The molecular weight excluding hydrogens is 219 g/mol. The lowest BCUT2D eigenvalue weighted by Gasteiger charge is -1.99. The molecule has 3 nitrogen and oxygen atoms in total. The van der Waals surface area contributed by atoms with E-state index in [9.17, 15) is 9.50 Å². The van der Waals surface area contributed by atoms with Crippen molar-refractivity contribution in [3.8, 4) is 5.75 Å². The Morgan fingerprint density at radius 2 is 2.18 bits per heavy atom. The molecule has 2 aromatic rings. The Kier molecular flexibility index (Phi) is 3.14. The molecule has 86 valence electrons. The maximum Gasteiger partial charge on any atom is 0.142 e. The number of aromatic nitrogens is 1. The van der Waals surface area contributed by atoms with E-state index in [1.807, 2.05) is 0 Å². The number of aliphatic imine (C=N–C) groups is 1. The molecule has 1 aromatic carbocycles. The number of aryl methyl sites for hydroxylation is 1. The van der Waals surface area contributed by atoms with E-state index < -0.39 is 0 Å². The number of aromatic hydroxyl groups is 1. The molecule has 1 N–H and O–H groups in total. The van der Waals surface area contributed by atoms with Gasteiger partial charge in [-0.1, -0.05) is 0 Å². The zero-order valence-corrected chi connectivity index (χ0v) is 9.26. The first-order valence-electron chi connectivity index (χ1n) is 5.10. The van der Waals surface area contributed by atoms with Gasteiger partial charge in [-0.15, -0.1) is 0 Å². The lowest BCUT2D eigenvalue weighted by molar-refractivity contribution is 0.472. The molecule has 0 aliphatic heterocycles. The molecule has 4 heteroatoms. The van der Waals surface area contributed by atoms with Gasteiger partial charge in [0.1, 0.15) is 11.6 Å². The molecule has 0 amide bonds. The van der Waals surface area contributed by atoms with E-state index in [0.717, 1.165) is 0 Å². The van der Waals surface area contributed by atoms with Crippen LogP contribution in [0, 0.1) is 12.7 Å². The fourth-order valence-electron chi connectivity index (χ4n) is 1.36. The molecule has 0 spiro atoms. The van der Waals surface area contributed by atoms with Crippen LogP contribution in [0.15, 0.2) is 41.7 Å². The van der Waals surface area contributed by atoms with Crippen LogP contribution in [0.1, 0.15) is 11.1 Å². The highest BCUT2D eigenvalue weighted by atomic mass is 19.1. The summed E-state index contributed by atoms with van der Waals surface area (Å²) in [5, 5.41) is 9.47. The van der Waals surface area contributed by atoms with Crippen LogP contribution in [0.3, 0.4) is 0 Å². The molecule has 0 atom stereocenters. The van der Waals surface area contributed by atoms with Crippen molar-refractivity contribution in [1.82, 2.24) is 4.98 Å². The third-order valence-corrected chi connectivity index (χ3v) is 2.33. The van der Waals surface area contributed by atoms with E-state index in [4.69, 9.17) is 0 Å². The van der Waals surface area contributed by atoms with Gasteiger partial charge in [0, 0.05) is 18.0 Å². The Bertz CT molecular complexity index is 567. The van der Waals surface area contributed by atoms with Crippen molar-refractivity contribution in [2.75, 3.05) is 0 Å². The molecule has 0 saturated heterocycles. The van der Waals surface area contributed by atoms with Gasteiger partial charge in [-0.2, -0.15) is 0 Å². The van der Waals surface area contributed by atoms with E-state index >= 15 is 0 Å². The average molecular weight is 230 g/mol. The third-order valence-electron chi connectivity index (χ3n) is 2.33. The molecular formula is C13H11FN2O. The molecule has 2 rings (SSSR count). The number of hydrogen-bond donors (Lipinski definition) is 1. The van der Waals surface area contributed by atoms with Crippen molar-refractivity contribution in [1.29, 1.82) is 0 Å². The minimum absolute atomic E-state index is 0.0649. The first kappa shape index (κ1) is 11.3. The van der Waals surface area contributed by atoms with Crippen LogP contribution in [0.2, 0.25) is 0 Å². The minimum Gasteiger partial charge on any atom is -0.506 e. The summed E-state index contributed by atoms with van der Waals surface area (Å²) in [7, 11) is 0. The minimum atomic E-state index is -0.254. The number of hydrogen-bond acceptors (Lipinski definition) is 3. The van der Waals surface area contributed by atoms with Crippen LogP contribution in [0.25, 0.3) is 0 Å². The van der Waals surface area contributed by atoms with Crippen LogP contribution in [-0.4, -0.2) is 16.3 Å². The number of halogens is 1. The van der Waals surface area contributed by atoms with Crippen LogP contribution in [-0.2, 0) is 0 Å². The van der Waals surface area contributed by atoms with Crippen LogP contribution < -0.4 is 0 Å². The summed E-state index contributed by atoms with van der Waals surface area (Å²) < 4.78 is 13.0. The van der Waals surface area contributed by atoms with Gasteiger partial charge in [-0.05, 0) is 36.8 Å². The molecule has 0 fully saturated rings. The van der Waals surface area contributed by atoms with Gasteiger partial charge in [0.25, 0.3) is 0 Å². The summed E-state index contributed by atoms with van der Waals surface area (Å²) >= 11 is 0. The summed E-state index contributed by atoms with van der Waals surface area (Å²) in [6.07, 6.45) is 4.43. The molecule has 0 saturated carbocycles. The van der Waals surface area contributed by atoms with Crippen molar-refractivity contribution in [2.45, 2.75) is 6.92 Å². The second-order valence-electron chi connectivity index (χ2n) is 3.63. The summed E-state index contributed by atoms with van der Waals surface area (Å²) in [4.78, 5) is 7.92. The van der Waals surface area contributed by atoms with E-state index in [-0.39, 0.29) is 11.6 Å². The highest BCUT2D eigenvalue weighted by Crippen LogP contribution is 2.18. The number of nitrogens with zero attached hydrogens (tertiary/aromatic N) is 2. The van der Waals surface area contributed by atoms with Crippen molar-refractivity contribution >= 4 is 11.9 Å². The van der Waals surface area contributed by atoms with E-state index in [1.165, 1.54) is 18.5 Å². The molecule has 0 aliphatic carbocycles. The van der Waals surface area contributed by atoms with Crippen molar-refractivity contribution < 1.29 is 9.50 Å². The summed E-state index contributed by atoms with van der Waals surface area (Å²) in [5.74, 6) is -0.189. The second-order valence-corrected chi connectivity index (χ2v) is 3.63. The zero-order chi connectivity index (χ0) is 12.3. The fourth-order valence-corrected chi connectivity index (χ4v) is 1.36. The van der Waals surface area contributed by atoms with E-state index in [2.05, 4.69) is 9.98 Å². The van der Waals surface area contributed by atoms with Gasteiger partial charge in [0.05, 0.1) is 11.9 Å². The SMILES string of the molecule is Cc1cc(N=Cc2ccncc2O)ccc1F. The summed E-state index contributed by atoms with van der Waals surface area (Å²) in [6, 6.07) is 6.24. The maximum atomic E-state index is 13.0. The lowest BCUT2D eigenvalue weighted by Crippen LogP contribution is -1.84. The molecule has 0 unspecified atom stereocenters. The largest absolute Gasteiger partial charge is 0.506 e. The first-order chi connectivity index (χ1) is 8.16. The Balaban J connectivity index is 2.26. The standard InChI is InChI=1S/C13H11FN2O/c1-9-6-11(2-3-12(9)14)16-7-10-4-5-15-8-13(10)17/h2-8,17H,1H3. The van der Waals surface area contributed by atoms with Gasteiger partial charge < -0.3 is 5.11 Å². The highest BCUT2D eigenvalue weighted by Gasteiger charge is 1.98. The van der Waals surface area contributed by atoms with Crippen LogP contribution in [0.5, 0.6) is 5.75 Å². The molecule has 0 bridgehead atoms. The smallest absolute Gasteiger partial charge is 0.142 e. The third kappa shape index (κ3) is 2.66. The van der Waals surface area contributed by atoms with Gasteiger partial charge >= 0.3 is 0 Å². The van der Waals surface area contributed by atoms with Gasteiger partial charge in [-0.25, -0.2) is 4.39 Å². The maximum absolute atomic E-state index is 13.0. The highest BCUT2D eigenvalue weighted by molar-refractivity contribution is 5.84. The van der Waals surface area contributed by atoms with Crippen molar-refractivity contribution in [2.24, 2.45) is 4.99 Å². The normalized spacial score (nSPS) is 10.9. The van der Waals surface area contributed by atoms with Gasteiger partial charge in [0.15, 0.2) is 0 Å². The van der Waals surface area contributed by atoms with Gasteiger partial charge in [0.2, 0.25) is 0 Å². The van der Waals surface area contributed by atoms with Crippen molar-refractivity contribution in [3.63, 3.8) is 0 Å². The predicted molar refractivity (Wildman–Crippen MR) is 64.3 cm³/mol. The van der Waals surface area contributed by atoms with Crippen LogP contribution in [0.4, 0.5) is 10.1 Å². The predicted octanol–water partition coefficient (Wildman–Crippen LogP) is 2.99. The van der Waals surface area contributed by atoms with Crippen molar-refractivity contribution in [3.05, 3.63) is 53.6 Å². The number of pyridine rings is 1. The Hall–Kier alpha value is -2.23. The molecule has 1 aromatic heterocycles. The lowest BCUT2D eigenvalue weighted by atomic mass is 10.2. The number of benzene rings is 1. The molecule has 0 aliphatic rings. The van der Waals surface area contributed by atoms with E-state index in [1.54, 1.807) is 31.3 Å². The molecule has 0 radical (unpaired) electrons. The van der Waals surface area contributed by atoms with E-state index in [0.29, 0.717) is 16.8 Å². The van der Waals surface area contributed by atoms with Crippen LogP contribution >= 0.6 is 0 Å². The Morgan fingerprint density at radius 1 is 1.35 bits per heavy atom. The first-order valence-corrected chi connectivity index (χ1v) is 5.10. The Morgan fingerprint density at radius 3 is 2.88 bits per heavy atom. The molecule has 1 heterocycles. The second kappa shape index (κ2) is 4.74. The topological polar surface area (TPSA) is 45.5 Å².